The summed E-state index contributed by atoms with van der Waals surface area (Å²) in [5, 5.41) is 9.77. The number of hydrogen-bond donors (Lipinski definition) is 1. The SMILES string of the molecule is CN1CCN(CCc2ncc(CCC(=O)O)s2)CC1. The molecule has 19 heavy (non-hydrogen) atoms. The summed E-state index contributed by atoms with van der Waals surface area (Å²) in [4.78, 5) is 20.8. The largest absolute Gasteiger partial charge is 0.481 e. The van der Waals surface area contributed by atoms with E-state index in [-0.39, 0.29) is 6.42 Å². The maximum atomic E-state index is 10.5. The molecule has 0 bridgehead atoms. The zero-order chi connectivity index (χ0) is 13.7. The van der Waals surface area contributed by atoms with Crippen molar-refractivity contribution in [2.75, 3.05) is 39.8 Å². The van der Waals surface area contributed by atoms with Gasteiger partial charge in [-0.2, -0.15) is 0 Å². The summed E-state index contributed by atoms with van der Waals surface area (Å²) in [6.07, 6.45) is 3.59. The van der Waals surface area contributed by atoms with Crippen LogP contribution in [-0.4, -0.2) is 65.6 Å². The van der Waals surface area contributed by atoms with E-state index >= 15 is 0 Å². The van der Waals surface area contributed by atoms with Gasteiger partial charge in [-0.25, -0.2) is 4.98 Å². The Morgan fingerprint density at radius 1 is 1.37 bits per heavy atom. The van der Waals surface area contributed by atoms with Gasteiger partial charge < -0.3 is 14.9 Å². The minimum Gasteiger partial charge on any atom is -0.481 e. The molecule has 106 valence electrons. The number of carbonyl (C=O) groups is 1. The van der Waals surface area contributed by atoms with Crippen LogP contribution in [0.15, 0.2) is 6.20 Å². The molecule has 1 N–H and O–H groups in total. The molecule has 1 aliphatic heterocycles. The molecule has 0 spiro atoms. The third-order valence-corrected chi connectivity index (χ3v) is 4.54. The van der Waals surface area contributed by atoms with Crippen molar-refractivity contribution >= 4 is 17.3 Å². The Labute approximate surface area is 117 Å². The van der Waals surface area contributed by atoms with Crippen LogP contribution in [0, 0.1) is 0 Å². The lowest BCUT2D eigenvalue weighted by molar-refractivity contribution is -0.136. The van der Waals surface area contributed by atoms with E-state index in [0.29, 0.717) is 6.42 Å². The highest BCUT2D eigenvalue weighted by Gasteiger charge is 2.14. The topological polar surface area (TPSA) is 56.7 Å². The van der Waals surface area contributed by atoms with Crippen LogP contribution in [0.4, 0.5) is 0 Å². The average molecular weight is 283 g/mol. The average Bonchev–Trinajstić information content (AvgIpc) is 2.84. The van der Waals surface area contributed by atoms with Crippen LogP contribution in [-0.2, 0) is 17.6 Å². The Kier molecular flexibility index (Phi) is 5.30. The summed E-state index contributed by atoms with van der Waals surface area (Å²) in [7, 11) is 2.16. The molecular weight excluding hydrogens is 262 g/mol. The van der Waals surface area contributed by atoms with Crippen LogP contribution in [0.2, 0.25) is 0 Å². The first kappa shape index (κ1) is 14.4. The first-order valence-electron chi connectivity index (χ1n) is 6.70. The van der Waals surface area contributed by atoms with E-state index in [2.05, 4.69) is 21.8 Å². The third kappa shape index (κ3) is 4.89. The molecule has 5 nitrogen and oxygen atoms in total. The predicted molar refractivity (Wildman–Crippen MR) is 75.7 cm³/mol. The molecule has 2 heterocycles. The van der Waals surface area contributed by atoms with Gasteiger partial charge in [-0.15, -0.1) is 11.3 Å². The van der Waals surface area contributed by atoms with E-state index in [0.717, 1.165) is 49.0 Å². The third-order valence-electron chi connectivity index (χ3n) is 3.42. The number of likely N-dealkylation sites (N-methyl/N-ethyl adjacent to an activating group) is 1. The first-order chi connectivity index (χ1) is 9.13. The van der Waals surface area contributed by atoms with Gasteiger partial charge >= 0.3 is 5.97 Å². The Morgan fingerprint density at radius 3 is 2.79 bits per heavy atom. The zero-order valence-electron chi connectivity index (χ0n) is 11.3. The van der Waals surface area contributed by atoms with Crippen LogP contribution in [0.3, 0.4) is 0 Å². The first-order valence-corrected chi connectivity index (χ1v) is 7.51. The van der Waals surface area contributed by atoms with Crippen LogP contribution in [0.25, 0.3) is 0 Å². The van der Waals surface area contributed by atoms with Crippen molar-refractivity contribution < 1.29 is 9.90 Å². The van der Waals surface area contributed by atoms with Crippen LogP contribution < -0.4 is 0 Å². The van der Waals surface area contributed by atoms with Crippen LogP contribution >= 0.6 is 11.3 Å². The van der Waals surface area contributed by atoms with Crippen molar-refractivity contribution in [2.24, 2.45) is 0 Å². The molecule has 0 aromatic carbocycles. The van der Waals surface area contributed by atoms with Crippen LogP contribution in [0.5, 0.6) is 0 Å². The Morgan fingerprint density at radius 2 is 2.11 bits per heavy atom. The number of piperazine rings is 1. The zero-order valence-corrected chi connectivity index (χ0v) is 12.2. The van der Waals surface area contributed by atoms with Crippen molar-refractivity contribution in [3.05, 3.63) is 16.1 Å². The number of aliphatic carboxylic acids is 1. The summed E-state index contributed by atoms with van der Waals surface area (Å²) in [6, 6.07) is 0. The number of hydrogen-bond acceptors (Lipinski definition) is 5. The summed E-state index contributed by atoms with van der Waals surface area (Å²) in [5.74, 6) is -0.743. The van der Waals surface area contributed by atoms with Gasteiger partial charge in [0.25, 0.3) is 0 Å². The minimum absolute atomic E-state index is 0.195. The van der Waals surface area contributed by atoms with Gasteiger partial charge in [-0.05, 0) is 13.5 Å². The quantitative estimate of drug-likeness (QED) is 0.842. The number of aromatic nitrogens is 1. The molecule has 0 aliphatic carbocycles. The van der Waals surface area contributed by atoms with E-state index in [1.165, 1.54) is 0 Å². The van der Waals surface area contributed by atoms with Crippen molar-refractivity contribution in [3.8, 4) is 0 Å². The highest BCUT2D eigenvalue weighted by atomic mass is 32.1. The second-order valence-corrected chi connectivity index (χ2v) is 6.21. The maximum Gasteiger partial charge on any atom is 0.303 e. The molecule has 6 heteroatoms. The molecule has 1 saturated heterocycles. The van der Waals surface area contributed by atoms with Gasteiger partial charge in [0.2, 0.25) is 0 Å². The predicted octanol–water partition coefficient (Wildman–Crippen LogP) is 0.950. The lowest BCUT2D eigenvalue weighted by Crippen LogP contribution is -2.45. The summed E-state index contributed by atoms with van der Waals surface area (Å²) in [5.41, 5.74) is 0. The molecule has 0 amide bonds. The lowest BCUT2D eigenvalue weighted by atomic mass is 10.3. The van der Waals surface area contributed by atoms with Gasteiger partial charge in [0, 0.05) is 50.2 Å². The fraction of sp³-hybridized carbons (Fsp3) is 0.692. The van der Waals surface area contributed by atoms with E-state index in [9.17, 15) is 4.79 Å². The van der Waals surface area contributed by atoms with Crippen molar-refractivity contribution in [2.45, 2.75) is 19.3 Å². The molecular formula is C13H21N3O2S. The second-order valence-electron chi connectivity index (χ2n) is 5.01. The Hall–Kier alpha value is -0.980. The standard InChI is InChI=1S/C13H21N3O2S/c1-15-6-8-16(9-7-15)5-4-12-14-10-11(19-12)2-3-13(17)18/h10H,2-9H2,1H3,(H,17,18). The summed E-state index contributed by atoms with van der Waals surface area (Å²) < 4.78 is 0. The van der Waals surface area contributed by atoms with Crippen molar-refractivity contribution in [1.29, 1.82) is 0 Å². The number of rotatable bonds is 6. The van der Waals surface area contributed by atoms with Crippen LogP contribution in [0.1, 0.15) is 16.3 Å². The molecule has 1 aliphatic rings. The Balaban J connectivity index is 1.72. The van der Waals surface area contributed by atoms with E-state index in [1.54, 1.807) is 11.3 Å². The lowest BCUT2D eigenvalue weighted by Gasteiger charge is -2.32. The molecule has 0 unspecified atom stereocenters. The van der Waals surface area contributed by atoms with Gasteiger partial charge in [0.05, 0.1) is 11.4 Å². The molecule has 1 fully saturated rings. The minimum atomic E-state index is -0.743. The summed E-state index contributed by atoms with van der Waals surface area (Å²) >= 11 is 1.65. The second kappa shape index (κ2) is 6.98. The van der Waals surface area contributed by atoms with Crippen molar-refractivity contribution in [1.82, 2.24) is 14.8 Å². The van der Waals surface area contributed by atoms with E-state index in [1.807, 2.05) is 6.20 Å². The highest BCUT2D eigenvalue weighted by Crippen LogP contribution is 2.16. The van der Waals surface area contributed by atoms with Crippen molar-refractivity contribution in [3.63, 3.8) is 0 Å². The maximum absolute atomic E-state index is 10.5. The fourth-order valence-electron chi connectivity index (χ4n) is 2.13. The highest BCUT2D eigenvalue weighted by molar-refractivity contribution is 7.11. The molecule has 2 rings (SSSR count). The molecule has 0 atom stereocenters. The molecule has 0 saturated carbocycles. The fourth-order valence-corrected chi connectivity index (χ4v) is 3.05. The molecule has 1 aromatic rings. The number of nitrogens with zero attached hydrogens (tertiary/aromatic N) is 3. The number of aryl methyl sites for hydroxylation is 1. The molecule has 0 radical (unpaired) electrons. The van der Waals surface area contributed by atoms with Gasteiger partial charge in [-0.3, -0.25) is 4.79 Å². The number of carboxylic acid groups (broad SMARTS) is 1. The van der Waals surface area contributed by atoms with E-state index in [4.69, 9.17) is 5.11 Å². The number of carboxylic acids is 1. The summed E-state index contributed by atoms with van der Waals surface area (Å²) in [6.45, 7) is 5.60. The number of thiazole rings is 1. The smallest absolute Gasteiger partial charge is 0.303 e. The van der Waals surface area contributed by atoms with Gasteiger partial charge in [0.1, 0.15) is 0 Å². The van der Waals surface area contributed by atoms with Gasteiger partial charge in [-0.1, -0.05) is 0 Å². The normalized spacial score (nSPS) is 17.7. The monoisotopic (exact) mass is 283 g/mol. The van der Waals surface area contributed by atoms with E-state index < -0.39 is 5.97 Å². The molecule has 1 aromatic heterocycles. The Bertz CT molecular complexity index is 414. The van der Waals surface area contributed by atoms with Gasteiger partial charge in [0.15, 0.2) is 0 Å².